The Labute approximate surface area is 97.8 Å². The number of hydrogen-bond acceptors (Lipinski definition) is 3. The molecule has 0 aliphatic heterocycles. The summed E-state index contributed by atoms with van der Waals surface area (Å²) in [6.07, 6.45) is -2.06. The maximum Gasteiger partial charge on any atom is 0.261 e. The van der Waals surface area contributed by atoms with Crippen LogP contribution in [0.5, 0.6) is 0 Å². The van der Waals surface area contributed by atoms with Crippen molar-refractivity contribution in [2.45, 2.75) is 26.7 Å². The number of hydrogen-bond donors (Lipinski definition) is 0. The molecule has 0 bridgehead atoms. The van der Waals surface area contributed by atoms with Gasteiger partial charge in [-0.3, -0.25) is 0 Å². The van der Waals surface area contributed by atoms with Gasteiger partial charge in [-0.25, -0.2) is 18.7 Å². The number of rotatable bonds is 5. The van der Waals surface area contributed by atoms with Crippen molar-refractivity contribution in [1.29, 1.82) is 0 Å². The molecule has 0 aromatic carbocycles. The van der Waals surface area contributed by atoms with Crippen LogP contribution in [-0.4, -0.2) is 29.6 Å². The van der Waals surface area contributed by atoms with Crippen LogP contribution < -0.4 is 0 Å². The van der Waals surface area contributed by atoms with Crippen molar-refractivity contribution in [3.8, 4) is 0 Å². The number of ether oxygens (including phenoxy) is 1. The number of nitrogens with zero attached hydrogens (tertiary/aromatic N) is 2. The van der Waals surface area contributed by atoms with E-state index in [1.54, 1.807) is 0 Å². The summed E-state index contributed by atoms with van der Waals surface area (Å²) < 4.78 is 28.3. The molecule has 1 aromatic rings. The Morgan fingerprint density at radius 2 is 2.00 bits per heavy atom. The van der Waals surface area contributed by atoms with E-state index in [0.717, 1.165) is 11.3 Å². The van der Waals surface area contributed by atoms with Gasteiger partial charge in [-0.15, -0.1) is 0 Å². The number of alkyl halides is 2. The molecular formula is C10H13ClF2N2O. The van der Waals surface area contributed by atoms with Crippen LogP contribution in [0.25, 0.3) is 0 Å². The minimum absolute atomic E-state index is 0.170. The summed E-state index contributed by atoms with van der Waals surface area (Å²) in [5.74, 6) is 0.516. The largest absolute Gasteiger partial charge is 0.375 e. The first-order chi connectivity index (χ1) is 7.50. The second-order valence-electron chi connectivity index (χ2n) is 3.36. The van der Waals surface area contributed by atoms with Crippen molar-refractivity contribution in [2.24, 2.45) is 0 Å². The molecule has 1 rings (SSSR count). The summed E-state index contributed by atoms with van der Waals surface area (Å²) in [6.45, 7) is 3.27. The van der Waals surface area contributed by atoms with Gasteiger partial charge in [-0.05, 0) is 13.8 Å². The van der Waals surface area contributed by atoms with E-state index in [9.17, 15) is 8.78 Å². The van der Waals surface area contributed by atoms with E-state index in [-0.39, 0.29) is 6.61 Å². The van der Waals surface area contributed by atoms with Crippen molar-refractivity contribution < 1.29 is 13.5 Å². The van der Waals surface area contributed by atoms with Gasteiger partial charge in [0, 0.05) is 17.7 Å². The molecule has 0 saturated heterocycles. The number of halogens is 3. The lowest BCUT2D eigenvalue weighted by molar-refractivity contribution is 0.0182. The fourth-order valence-corrected chi connectivity index (χ4v) is 1.33. The van der Waals surface area contributed by atoms with Crippen LogP contribution in [0, 0.1) is 13.8 Å². The van der Waals surface area contributed by atoms with Gasteiger partial charge in [0.1, 0.15) is 17.6 Å². The van der Waals surface area contributed by atoms with Gasteiger partial charge in [-0.1, -0.05) is 11.6 Å². The Kier molecular flexibility index (Phi) is 5.02. The molecule has 0 fully saturated rings. The SMILES string of the molecule is Cc1nc(CCOCC(F)F)nc(Cl)c1C. The second kappa shape index (κ2) is 6.06. The van der Waals surface area contributed by atoms with Crippen LogP contribution in [0.2, 0.25) is 5.15 Å². The van der Waals surface area contributed by atoms with E-state index in [0.29, 0.717) is 17.4 Å². The lowest BCUT2D eigenvalue weighted by Gasteiger charge is -2.06. The maximum absolute atomic E-state index is 11.8. The molecule has 6 heteroatoms. The monoisotopic (exact) mass is 250 g/mol. The first-order valence-corrected chi connectivity index (χ1v) is 5.24. The third-order valence-electron chi connectivity index (χ3n) is 2.09. The van der Waals surface area contributed by atoms with Crippen LogP contribution >= 0.6 is 11.6 Å². The van der Waals surface area contributed by atoms with Crippen LogP contribution in [0.1, 0.15) is 17.1 Å². The molecule has 1 aromatic heterocycles. The van der Waals surface area contributed by atoms with Crippen molar-refractivity contribution in [1.82, 2.24) is 9.97 Å². The van der Waals surface area contributed by atoms with Crippen LogP contribution in [0.15, 0.2) is 0 Å². The van der Waals surface area contributed by atoms with Gasteiger partial charge in [-0.2, -0.15) is 0 Å². The predicted molar refractivity (Wildman–Crippen MR) is 57.0 cm³/mol. The van der Waals surface area contributed by atoms with E-state index in [4.69, 9.17) is 16.3 Å². The maximum atomic E-state index is 11.8. The Bertz CT molecular complexity index is 338. The molecule has 16 heavy (non-hydrogen) atoms. The van der Waals surface area contributed by atoms with E-state index in [1.807, 2.05) is 13.8 Å². The van der Waals surface area contributed by atoms with Crippen molar-refractivity contribution >= 4 is 11.6 Å². The van der Waals surface area contributed by atoms with Gasteiger partial charge in [0.15, 0.2) is 0 Å². The number of aromatic nitrogens is 2. The lowest BCUT2D eigenvalue weighted by Crippen LogP contribution is -2.09. The zero-order chi connectivity index (χ0) is 12.1. The minimum atomic E-state index is -2.44. The van der Waals surface area contributed by atoms with E-state index in [1.165, 1.54) is 0 Å². The summed E-state index contributed by atoms with van der Waals surface area (Å²) in [7, 11) is 0. The third kappa shape index (κ3) is 3.98. The van der Waals surface area contributed by atoms with Crippen molar-refractivity contribution in [3.05, 3.63) is 22.2 Å². The van der Waals surface area contributed by atoms with Gasteiger partial charge in [0.25, 0.3) is 6.43 Å². The van der Waals surface area contributed by atoms with Crippen molar-refractivity contribution in [3.63, 3.8) is 0 Å². The third-order valence-corrected chi connectivity index (χ3v) is 2.46. The zero-order valence-corrected chi connectivity index (χ0v) is 9.89. The predicted octanol–water partition coefficient (Wildman–Crippen LogP) is 2.57. The van der Waals surface area contributed by atoms with E-state index < -0.39 is 13.0 Å². The normalized spacial score (nSPS) is 11.1. The van der Waals surface area contributed by atoms with E-state index >= 15 is 0 Å². The van der Waals surface area contributed by atoms with Gasteiger partial charge in [0.05, 0.1) is 6.61 Å². The average molecular weight is 251 g/mol. The Hall–Kier alpha value is -0.810. The Morgan fingerprint density at radius 3 is 2.56 bits per heavy atom. The highest BCUT2D eigenvalue weighted by molar-refractivity contribution is 6.30. The fraction of sp³-hybridized carbons (Fsp3) is 0.600. The Morgan fingerprint density at radius 1 is 1.31 bits per heavy atom. The highest BCUT2D eigenvalue weighted by Crippen LogP contribution is 2.14. The lowest BCUT2D eigenvalue weighted by atomic mass is 10.2. The molecule has 0 aliphatic rings. The molecule has 0 atom stereocenters. The first-order valence-electron chi connectivity index (χ1n) is 4.86. The van der Waals surface area contributed by atoms with Crippen LogP contribution in [-0.2, 0) is 11.2 Å². The molecule has 0 N–H and O–H groups in total. The summed E-state index contributed by atoms with van der Waals surface area (Å²) in [5, 5.41) is 0.399. The van der Waals surface area contributed by atoms with Gasteiger partial charge < -0.3 is 4.74 Å². The average Bonchev–Trinajstić information content (AvgIpc) is 2.20. The van der Waals surface area contributed by atoms with Crippen molar-refractivity contribution in [2.75, 3.05) is 13.2 Å². The first kappa shape index (κ1) is 13.3. The molecule has 3 nitrogen and oxygen atoms in total. The fourth-order valence-electron chi connectivity index (χ4n) is 1.10. The molecule has 0 saturated carbocycles. The second-order valence-corrected chi connectivity index (χ2v) is 3.72. The summed E-state index contributed by atoms with van der Waals surface area (Å²) in [4.78, 5) is 8.22. The van der Waals surface area contributed by atoms with Gasteiger partial charge >= 0.3 is 0 Å². The zero-order valence-electron chi connectivity index (χ0n) is 9.14. The molecular weight excluding hydrogens is 238 g/mol. The standard InChI is InChI=1S/C10H13ClF2N2O/c1-6-7(2)14-9(15-10(6)11)3-4-16-5-8(12)13/h8H,3-5H2,1-2H3. The highest BCUT2D eigenvalue weighted by Gasteiger charge is 2.07. The summed E-state index contributed by atoms with van der Waals surface area (Å²) in [6, 6.07) is 0. The van der Waals surface area contributed by atoms with Gasteiger partial charge in [0.2, 0.25) is 0 Å². The molecule has 90 valence electrons. The molecule has 0 unspecified atom stereocenters. The topological polar surface area (TPSA) is 35.0 Å². The highest BCUT2D eigenvalue weighted by atomic mass is 35.5. The minimum Gasteiger partial charge on any atom is -0.375 e. The summed E-state index contributed by atoms with van der Waals surface area (Å²) in [5.41, 5.74) is 1.63. The summed E-state index contributed by atoms with van der Waals surface area (Å²) >= 11 is 5.87. The van der Waals surface area contributed by atoms with Crippen LogP contribution in [0.3, 0.4) is 0 Å². The quantitative estimate of drug-likeness (QED) is 0.595. The molecule has 0 spiro atoms. The number of aryl methyl sites for hydroxylation is 1. The molecule has 1 heterocycles. The Balaban J connectivity index is 2.49. The molecule has 0 aliphatic carbocycles. The molecule has 0 amide bonds. The molecule has 0 radical (unpaired) electrons. The van der Waals surface area contributed by atoms with E-state index in [2.05, 4.69) is 9.97 Å². The van der Waals surface area contributed by atoms with Crippen LogP contribution in [0.4, 0.5) is 8.78 Å². The smallest absolute Gasteiger partial charge is 0.261 e.